The maximum Gasteiger partial charge on any atom is 0.306 e. The molecule has 31 heavy (non-hydrogen) atoms. The normalized spacial score (nSPS) is 10.3. The summed E-state index contributed by atoms with van der Waals surface area (Å²) in [5, 5.41) is 4.22. The van der Waals surface area contributed by atoms with Crippen molar-refractivity contribution in [1.29, 1.82) is 0 Å². The van der Waals surface area contributed by atoms with Gasteiger partial charge < -0.3 is 14.8 Å². The Morgan fingerprint density at radius 3 is 2.55 bits per heavy atom. The molecule has 2 aromatic carbocycles. The summed E-state index contributed by atoms with van der Waals surface area (Å²) in [5.74, 6) is -0.907. The lowest BCUT2D eigenvalue weighted by atomic mass is 10.1. The van der Waals surface area contributed by atoms with Gasteiger partial charge in [-0.1, -0.05) is 35.0 Å². The molecule has 0 saturated carbocycles. The van der Waals surface area contributed by atoms with Crippen LogP contribution in [0, 0.1) is 0 Å². The maximum atomic E-state index is 12.0. The van der Waals surface area contributed by atoms with E-state index in [0.717, 1.165) is 19.7 Å². The number of halogens is 2. The first-order valence-corrected chi connectivity index (χ1v) is 11.3. The summed E-state index contributed by atoms with van der Waals surface area (Å²) in [6.07, 6.45) is 0.589. The van der Waals surface area contributed by atoms with Gasteiger partial charge in [-0.05, 0) is 63.5 Å². The first kappa shape index (κ1) is 25.0. The molecule has 11 heteroatoms. The lowest BCUT2D eigenvalue weighted by Gasteiger charge is -2.13. The van der Waals surface area contributed by atoms with Crippen LogP contribution in [-0.4, -0.2) is 36.1 Å². The van der Waals surface area contributed by atoms with Gasteiger partial charge in [0.25, 0.3) is 5.91 Å². The number of amides is 2. The molecule has 0 heterocycles. The van der Waals surface area contributed by atoms with Crippen LogP contribution in [-0.2, 0) is 19.1 Å². The molecule has 0 aromatic heterocycles. The highest BCUT2D eigenvalue weighted by atomic mass is 79.9. The number of hydrazine groups is 1. The monoisotopic (exact) mass is 573 g/mol. The third-order valence-corrected chi connectivity index (χ3v) is 5.35. The third kappa shape index (κ3) is 8.42. The van der Waals surface area contributed by atoms with Crippen molar-refractivity contribution in [3.8, 4) is 5.75 Å². The van der Waals surface area contributed by atoms with Gasteiger partial charge in [0, 0.05) is 10.9 Å². The Balaban J connectivity index is 1.73. The van der Waals surface area contributed by atoms with Crippen molar-refractivity contribution >= 4 is 77.7 Å². The molecule has 8 nitrogen and oxygen atoms in total. The third-order valence-electron chi connectivity index (χ3n) is 3.83. The van der Waals surface area contributed by atoms with Crippen molar-refractivity contribution in [3.05, 3.63) is 39.3 Å². The second kappa shape index (κ2) is 12.6. The van der Waals surface area contributed by atoms with E-state index < -0.39 is 17.8 Å². The summed E-state index contributed by atoms with van der Waals surface area (Å²) in [6, 6.07) is 9.47. The van der Waals surface area contributed by atoms with Crippen molar-refractivity contribution in [2.45, 2.75) is 26.2 Å². The number of hydrogen-bond donors (Lipinski definition) is 3. The number of carbonyl (C=O) groups excluding carboxylic acids is 3. The van der Waals surface area contributed by atoms with Gasteiger partial charge in [0.2, 0.25) is 5.91 Å². The molecule has 2 aromatic rings. The lowest BCUT2D eigenvalue weighted by molar-refractivity contribution is -0.144. The second-order valence-corrected chi connectivity index (χ2v) is 8.42. The fourth-order valence-electron chi connectivity index (χ4n) is 2.38. The highest BCUT2D eigenvalue weighted by Crippen LogP contribution is 2.34. The Kier molecular flexibility index (Phi) is 10.2. The molecule has 0 aliphatic heterocycles. The highest BCUT2D eigenvalue weighted by Gasteiger charge is 2.11. The first-order valence-electron chi connectivity index (χ1n) is 9.35. The van der Waals surface area contributed by atoms with Crippen molar-refractivity contribution in [2.24, 2.45) is 0 Å². The molecular formula is C20H21Br2N3O5S. The van der Waals surface area contributed by atoms with Gasteiger partial charge in [-0.3, -0.25) is 25.2 Å². The van der Waals surface area contributed by atoms with E-state index in [1.165, 1.54) is 0 Å². The van der Waals surface area contributed by atoms with Crippen molar-refractivity contribution in [2.75, 3.05) is 13.2 Å². The van der Waals surface area contributed by atoms with Gasteiger partial charge in [-0.15, -0.1) is 0 Å². The zero-order valence-corrected chi connectivity index (χ0v) is 20.6. The number of ether oxygens (including phenoxy) is 2. The first-order chi connectivity index (χ1) is 14.8. The summed E-state index contributed by atoms with van der Waals surface area (Å²) in [6.45, 7) is 1.93. The average molecular weight is 575 g/mol. The van der Waals surface area contributed by atoms with E-state index in [-0.39, 0.29) is 24.6 Å². The van der Waals surface area contributed by atoms with Crippen LogP contribution in [0.15, 0.2) is 39.3 Å². The number of rotatable bonds is 8. The van der Waals surface area contributed by atoms with Crippen LogP contribution in [0.1, 0.15) is 26.2 Å². The van der Waals surface area contributed by atoms with Crippen molar-refractivity contribution in [3.63, 3.8) is 0 Å². The van der Waals surface area contributed by atoms with Crippen LogP contribution in [0.3, 0.4) is 0 Å². The zero-order valence-electron chi connectivity index (χ0n) is 16.6. The molecular weight excluding hydrogens is 554 g/mol. The molecule has 166 valence electrons. The number of esters is 1. The number of benzene rings is 2. The quantitative estimate of drug-likeness (QED) is 0.252. The molecule has 0 aliphatic carbocycles. The van der Waals surface area contributed by atoms with Crippen molar-refractivity contribution in [1.82, 2.24) is 16.2 Å². The van der Waals surface area contributed by atoms with Crippen LogP contribution in [0.2, 0.25) is 0 Å². The van der Waals surface area contributed by atoms with E-state index in [2.05, 4.69) is 48.0 Å². The fourth-order valence-corrected chi connectivity index (χ4v) is 3.54. The molecule has 0 spiro atoms. The van der Waals surface area contributed by atoms with Crippen LogP contribution in [0.5, 0.6) is 5.75 Å². The van der Waals surface area contributed by atoms with Crippen molar-refractivity contribution < 1.29 is 23.9 Å². The summed E-state index contributed by atoms with van der Waals surface area (Å²) >= 11 is 11.9. The van der Waals surface area contributed by atoms with E-state index in [4.69, 9.17) is 21.7 Å². The fraction of sp³-hybridized carbons (Fsp3) is 0.300. The Bertz CT molecular complexity index is 987. The summed E-state index contributed by atoms with van der Waals surface area (Å²) in [5.41, 5.74) is 4.74. The highest BCUT2D eigenvalue weighted by molar-refractivity contribution is 9.11. The molecule has 0 saturated heterocycles. The van der Waals surface area contributed by atoms with Gasteiger partial charge in [0.1, 0.15) is 5.75 Å². The molecule has 2 amide bonds. The minimum Gasteiger partial charge on any atom is -0.483 e. The number of carbonyl (C=O) groups is 3. The predicted molar refractivity (Wildman–Crippen MR) is 127 cm³/mol. The Morgan fingerprint density at radius 2 is 1.81 bits per heavy atom. The topological polar surface area (TPSA) is 106 Å². The summed E-state index contributed by atoms with van der Waals surface area (Å²) < 4.78 is 12.1. The molecule has 0 unspecified atom stereocenters. The number of hydrogen-bond acceptors (Lipinski definition) is 6. The van der Waals surface area contributed by atoms with E-state index in [1.54, 1.807) is 6.07 Å². The average Bonchev–Trinajstić information content (AvgIpc) is 2.74. The molecule has 0 atom stereocenters. The van der Waals surface area contributed by atoms with Crippen LogP contribution >= 0.6 is 44.1 Å². The SMILES string of the molecule is CCCOC(=O)CCC(=O)NC(=S)NNC(=O)COc1ccc2cc(Br)ccc2c1Br. The van der Waals surface area contributed by atoms with E-state index >= 15 is 0 Å². The number of thiocarbonyl (C=S) groups is 1. The Labute approximate surface area is 201 Å². The van der Waals surface area contributed by atoms with Gasteiger partial charge in [0.05, 0.1) is 17.5 Å². The number of fused-ring (bicyclic) bond motifs is 1. The lowest BCUT2D eigenvalue weighted by Crippen LogP contribution is -2.49. The standard InChI is InChI=1S/C20H21Br2N3O5S/c1-2-9-29-18(28)8-7-16(26)23-20(31)25-24-17(27)11-30-15-6-3-12-10-13(21)4-5-14(12)19(15)22/h3-6,10H,2,7-9,11H2,1H3,(H,24,27)(H2,23,25,26,31). The summed E-state index contributed by atoms with van der Waals surface area (Å²) in [7, 11) is 0. The second-order valence-electron chi connectivity index (χ2n) is 6.30. The Hall–Kier alpha value is -2.24. The molecule has 0 fully saturated rings. The molecule has 0 aliphatic rings. The number of nitrogens with one attached hydrogen (secondary N) is 3. The summed E-state index contributed by atoms with van der Waals surface area (Å²) in [4.78, 5) is 35.1. The van der Waals surface area contributed by atoms with Gasteiger partial charge in [-0.2, -0.15) is 0 Å². The van der Waals surface area contributed by atoms with E-state index in [0.29, 0.717) is 18.8 Å². The smallest absolute Gasteiger partial charge is 0.306 e. The molecule has 2 rings (SSSR count). The molecule has 3 N–H and O–H groups in total. The van der Waals surface area contributed by atoms with Crippen LogP contribution in [0.4, 0.5) is 0 Å². The minimum atomic E-state index is -0.498. The van der Waals surface area contributed by atoms with Gasteiger partial charge in [-0.25, -0.2) is 0 Å². The largest absolute Gasteiger partial charge is 0.483 e. The molecule has 0 bridgehead atoms. The Morgan fingerprint density at radius 1 is 1.03 bits per heavy atom. The predicted octanol–water partition coefficient (Wildman–Crippen LogP) is 3.50. The maximum absolute atomic E-state index is 12.0. The van der Waals surface area contributed by atoms with Gasteiger partial charge in [0.15, 0.2) is 11.7 Å². The van der Waals surface area contributed by atoms with Crippen LogP contribution in [0.25, 0.3) is 10.8 Å². The zero-order chi connectivity index (χ0) is 22.8. The minimum absolute atomic E-state index is 0.0494. The van der Waals surface area contributed by atoms with E-state index in [1.807, 2.05) is 31.2 Å². The van der Waals surface area contributed by atoms with E-state index in [9.17, 15) is 14.4 Å². The van der Waals surface area contributed by atoms with Gasteiger partial charge >= 0.3 is 5.97 Å². The van der Waals surface area contributed by atoms with Crippen LogP contribution < -0.4 is 20.9 Å². The molecule has 0 radical (unpaired) electrons.